The fraction of sp³-hybridized carbons (Fsp3) is 0.429. The van der Waals surface area contributed by atoms with Crippen LogP contribution in [0.25, 0.3) is 6.08 Å². The van der Waals surface area contributed by atoms with E-state index in [1.165, 1.54) is 5.56 Å². The molecule has 1 aromatic rings. The number of allylic oxidation sites excluding steroid dienone is 1. The van der Waals surface area contributed by atoms with Crippen molar-refractivity contribution in [2.75, 3.05) is 6.61 Å². The Morgan fingerprint density at radius 1 is 1.47 bits per heavy atom. The Morgan fingerprint density at radius 3 is 2.94 bits per heavy atom. The maximum atomic E-state index is 11.8. The first-order valence-corrected chi connectivity index (χ1v) is 6.08. The van der Waals surface area contributed by atoms with Crippen LogP contribution in [-0.2, 0) is 17.6 Å². The first-order chi connectivity index (χ1) is 8.27. The zero-order valence-electron chi connectivity index (χ0n) is 10.3. The van der Waals surface area contributed by atoms with Gasteiger partial charge in [-0.1, -0.05) is 6.08 Å². The Hall–Kier alpha value is -1.64. The van der Waals surface area contributed by atoms with Crippen LogP contribution in [0.5, 0.6) is 0 Å². The van der Waals surface area contributed by atoms with Crippen molar-refractivity contribution in [3.05, 3.63) is 34.7 Å². The molecule has 1 heterocycles. The third-order valence-corrected chi connectivity index (χ3v) is 3.00. The summed E-state index contributed by atoms with van der Waals surface area (Å²) in [5, 5.41) is 0. The summed E-state index contributed by atoms with van der Waals surface area (Å²) < 4.78 is 5.06. The smallest absolute Gasteiger partial charge is 0.339 e. The van der Waals surface area contributed by atoms with Crippen molar-refractivity contribution in [2.45, 2.75) is 33.1 Å². The summed E-state index contributed by atoms with van der Waals surface area (Å²) in [7, 11) is 0. The number of fused-ring (bicyclic) bond motifs is 1. The zero-order chi connectivity index (χ0) is 12.3. The van der Waals surface area contributed by atoms with Gasteiger partial charge in [-0.3, -0.25) is 4.98 Å². The molecule has 0 N–H and O–H groups in total. The lowest BCUT2D eigenvalue weighted by Crippen LogP contribution is -2.09. The van der Waals surface area contributed by atoms with E-state index in [9.17, 15) is 4.79 Å². The average molecular weight is 231 g/mol. The van der Waals surface area contributed by atoms with Gasteiger partial charge in [0.15, 0.2) is 0 Å². The summed E-state index contributed by atoms with van der Waals surface area (Å²) in [6, 6.07) is 0. The number of ether oxygens (including phenoxy) is 1. The highest BCUT2D eigenvalue weighted by molar-refractivity contribution is 5.91. The Bertz CT molecular complexity index is 464. The highest BCUT2D eigenvalue weighted by atomic mass is 16.5. The van der Waals surface area contributed by atoms with Crippen LogP contribution in [-0.4, -0.2) is 17.6 Å². The van der Waals surface area contributed by atoms with Crippen LogP contribution in [0.2, 0.25) is 0 Å². The molecule has 0 amide bonds. The van der Waals surface area contributed by atoms with Crippen LogP contribution in [0, 0.1) is 0 Å². The molecule has 0 atom stereocenters. The Kier molecular flexibility index (Phi) is 3.57. The van der Waals surface area contributed by atoms with Gasteiger partial charge < -0.3 is 4.74 Å². The lowest BCUT2D eigenvalue weighted by atomic mass is 10.0. The third kappa shape index (κ3) is 2.23. The van der Waals surface area contributed by atoms with E-state index >= 15 is 0 Å². The molecule has 0 radical (unpaired) electrons. The minimum absolute atomic E-state index is 0.245. The molecular weight excluding hydrogens is 214 g/mol. The van der Waals surface area contributed by atoms with Crippen LogP contribution >= 0.6 is 0 Å². The summed E-state index contributed by atoms with van der Waals surface area (Å²) >= 11 is 0. The van der Waals surface area contributed by atoms with E-state index in [1.54, 1.807) is 6.20 Å². The number of hydrogen-bond acceptors (Lipinski definition) is 3. The Balaban J connectivity index is 2.44. The topological polar surface area (TPSA) is 39.2 Å². The monoisotopic (exact) mass is 231 g/mol. The SMILES string of the molecule is C/C=C/c1ncc(C(=O)OCC)c2c1CCC2. The number of carbonyl (C=O) groups excluding carboxylic acids is 1. The highest BCUT2D eigenvalue weighted by Gasteiger charge is 2.22. The Labute approximate surface area is 102 Å². The molecule has 0 spiro atoms. The number of aromatic nitrogens is 1. The fourth-order valence-corrected chi connectivity index (χ4v) is 2.30. The van der Waals surface area contributed by atoms with Crippen molar-refractivity contribution in [1.82, 2.24) is 4.98 Å². The van der Waals surface area contributed by atoms with Crippen LogP contribution < -0.4 is 0 Å². The molecule has 17 heavy (non-hydrogen) atoms. The van der Waals surface area contributed by atoms with Crippen LogP contribution in [0.15, 0.2) is 12.3 Å². The molecule has 0 fully saturated rings. The number of hydrogen-bond donors (Lipinski definition) is 0. The van der Waals surface area contributed by atoms with E-state index in [0.29, 0.717) is 12.2 Å². The number of carbonyl (C=O) groups is 1. The lowest BCUT2D eigenvalue weighted by molar-refractivity contribution is 0.0524. The van der Waals surface area contributed by atoms with Gasteiger partial charge in [-0.25, -0.2) is 4.79 Å². The van der Waals surface area contributed by atoms with Crippen LogP contribution in [0.3, 0.4) is 0 Å². The second kappa shape index (κ2) is 5.13. The quantitative estimate of drug-likeness (QED) is 0.751. The van der Waals surface area contributed by atoms with Crippen molar-refractivity contribution in [2.24, 2.45) is 0 Å². The van der Waals surface area contributed by atoms with Crippen LogP contribution in [0.4, 0.5) is 0 Å². The average Bonchev–Trinajstić information content (AvgIpc) is 2.79. The third-order valence-electron chi connectivity index (χ3n) is 3.00. The molecule has 0 saturated carbocycles. The number of nitrogens with zero attached hydrogens (tertiary/aromatic N) is 1. The molecule has 0 bridgehead atoms. The molecule has 3 nitrogen and oxygen atoms in total. The minimum atomic E-state index is -0.245. The van der Waals surface area contributed by atoms with E-state index < -0.39 is 0 Å². The number of esters is 1. The molecule has 0 saturated heterocycles. The first-order valence-electron chi connectivity index (χ1n) is 6.08. The van der Waals surface area contributed by atoms with E-state index in [-0.39, 0.29) is 5.97 Å². The maximum absolute atomic E-state index is 11.8. The van der Waals surface area contributed by atoms with Crippen molar-refractivity contribution in [3.63, 3.8) is 0 Å². The normalized spacial score (nSPS) is 14.0. The zero-order valence-corrected chi connectivity index (χ0v) is 10.3. The molecule has 1 aliphatic rings. The standard InChI is InChI=1S/C14H17NO2/c1-3-6-13-11-8-5-7-10(11)12(9-15-13)14(16)17-4-2/h3,6,9H,4-5,7-8H2,1-2H3/b6-3+. The summed E-state index contributed by atoms with van der Waals surface area (Å²) in [4.78, 5) is 16.1. The summed E-state index contributed by atoms with van der Waals surface area (Å²) in [5.74, 6) is -0.245. The predicted octanol–water partition coefficient (Wildman–Crippen LogP) is 2.78. The second-order valence-electron chi connectivity index (χ2n) is 4.09. The summed E-state index contributed by atoms with van der Waals surface area (Å²) in [5.41, 5.74) is 3.99. The molecule has 2 rings (SSSR count). The largest absolute Gasteiger partial charge is 0.462 e. The number of rotatable bonds is 3. The van der Waals surface area contributed by atoms with Crippen molar-refractivity contribution in [3.8, 4) is 0 Å². The van der Waals surface area contributed by atoms with Gasteiger partial charge in [-0.05, 0) is 50.3 Å². The molecule has 1 aromatic heterocycles. The van der Waals surface area contributed by atoms with Gasteiger partial charge in [-0.2, -0.15) is 0 Å². The molecular formula is C14H17NO2. The summed E-state index contributed by atoms with van der Waals surface area (Å²) in [6.45, 7) is 4.20. The van der Waals surface area contributed by atoms with Gasteiger partial charge >= 0.3 is 5.97 Å². The van der Waals surface area contributed by atoms with Crippen LogP contribution in [0.1, 0.15) is 47.4 Å². The fourth-order valence-electron chi connectivity index (χ4n) is 2.30. The van der Waals surface area contributed by atoms with Gasteiger partial charge in [0.05, 0.1) is 17.9 Å². The highest BCUT2D eigenvalue weighted by Crippen LogP contribution is 2.28. The van der Waals surface area contributed by atoms with Gasteiger partial charge in [0.2, 0.25) is 0 Å². The molecule has 0 aromatic carbocycles. The van der Waals surface area contributed by atoms with E-state index in [0.717, 1.165) is 30.5 Å². The minimum Gasteiger partial charge on any atom is -0.462 e. The van der Waals surface area contributed by atoms with Gasteiger partial charge in [0.25, 0.3) is 0 Å². The van der Waals surface area contributed by atoms with E-state index in [2.05, 4.69) is 4.98 Å². The van der Waals surface area contributed by atoms with Crippen molar-refractivity contribution < 1.29 is 9.53 Å². The lowest BCUT2D eigenvalue weighted by Gasteiger charge is -2.09. The maximum Gasteiger partial charge on any atom is 0.339 e. The molecule has 3 heteroatoms. The molecule has 90 valence electrons. The van der Waals surface area contributed by atoms with E-state index in [4.69, 9.17) is 4.74 Å². The van der Waals surface area contributed by atoms with Gasteiger partial charge in [0.1, 0.15) is 0 Å². The first kappa shape index (κ1) is 11.8. The van der Waals surface area contributed by atoms with E-state index in [1.807, 2.05) is 26.0 Å². The second-order valence-corrected chi connectivity index (χ2v) is 4.09. The molecule has 0 aliphatic heterocycles. The molecule has 1 aliphatic carbocycles. The van der Waals surface area contributed by atoms with Gasteiger partial charge in [0, 0.05) is 6.20 Å². The summed E-state index contributed by atoms with van der Waals surface area (Å²) in [6.07, 6.45) is 8.69. The van der Waals surface area contributed by atoms with Crippen molar-refractivity contribution in [1.29, 1.82) is 0 Å². The molecule has 0 unspecified atom stereocenters. The Morgan fingerprint density at radius 2 is 2.24 bits per heavy atom. The van der Waals surface area contributed by atoms with Crippen molar-refractivity contribution >= 4 is 12.0 Å². The predicted molar refractivity (Wildman–Crippen MR) is 66.9 cm³/mol. The number of pyridine rings is 1. The van der Waals surface area contributed by atoms with Gasteiger partial charge in [-0.15, -0.1) is 0 Å².